The van der Waals surface area contributed by atoms with E-state index in [1.807, 2.05) is 18.2 Å². The highest BCUT2D eigenvalue weighted by molar-refractivity contribution is 6.05. The molecule has 0 saturated carbocycles. The highest BCUT2D eigenvalue weighted by atomic mass is 16.5. The highest BCUT2D eigenvalue weighted by Crippen LogP contribution is 2.42. The average Bonchev–Trinajstić information content (AvgIpc) is 2.88. The van der Waals surface area contributed by atoms with E-state index < -0.39 is 0 Å². The van der Waals surface area contributed by atoms with Gasteiger partial charge >= 0.3 is 0 Å². The quantitative estimate of drug-likeness (QED) is 0.261. The number of aldehydes is 1. The summed E-state index contributed by atoms with van der Waals surface area (Å²) in [6.45, 7) is 0. The number of hydrogen-bond donors (Lipinski definition) is 2. The lowest BCUT2D eigenvalue weighted by atomic mass is 10.0. The molecule has 8 nitrogen and oxygen atoms in total. The van der Waals surface area contributed by atoms with Crippen LogP contribution in [-0.2, 0) is 0 Å². The minimum Gasteiger partial charge on any atom is -0.505 e. The number of benzene rings is 4. The number of anilines is 1. The number of phenols is 1. The Morgan fingerprint density at radius 3 is 2.32 bits per heavy atom. The minimum atomic E-state index is -0.308. The van der Waals surface area contributed by atoms with Gasteiger partial charge in [-0.2, -0.15) is 0 Å². The molecule has 8 heteroatoms. The summed E-state index contributed by atoms with van der Waals surface area (Å²) >= 11 is 0. The first-order valence-electron chi connectivity index (χ1n) is 10.3. The SMILES string of the molecule is COc1cc(NC(=O)c2ccccc2)c(OC)cc1N=Nc1c(O)c(C=O)cc2ccccc12. The topological polar surface area (TPSA) is 110 Å². The zero-order valence-electron chi connectivity index (χ0n) is 18.5. The second-order valence-electron chi connectivity index (χ2n) is 7.25. The lowest BCUT2D eigenvalue weighted by molar-refractivity contribution is 0.102. The molecule has 4 rings (SSSR count). The van der Waals surface area contributed by atoms with E-state index in [0.717, 1.165) is 5.39 Å². The average molecular weight is 455 g/mol. The predicted octanol–water partition coefficient (Wildman–Crippen LogP) is 6.04. The van der Waals surface area contributed by atoms with Gasteiger partial charge in [-0.15, -0.1) is 10.2 Å². The van der Waals surface area contributed by atoms with Gasteiger partial charge in [0, 0.05) is 23.1 Å². The summed E-state index contributed by atoms with van der Waals surface area (Å²) in [5.74, 6) is 0.0885. The Morgan fingerprint density at radius 1 is 0.912 bits per heavy atom. The van der Waals surface area contributed by atoms with Crippen LogP contribution in [0.15, 0.2) is 83.0 Å². The molecule has 0 aliphatic carbocycles. The van der Waals surface area contributed by atoms with Gasteiger partial charge in [0.25, 0.3) is 5.91 Å². The van der Waals surface area contributed by atoms with E-state index in [0.29, 0.717) is 40.1 Å². The van der Waals surface area contributed by atoms with Gasteiger partial charge < -0.3 is 19.9 Å². The number of amides is 1. The molecular weight excluding hydrogens is 434 g/mol. The molecule has 0 spiro atoms. The molecule has 34 heavy (non-hydrogen) atoms. The van der Waals surface area contributed by atoms with Crippen LogP contribution in [0.4, 0.5) is 17.1 Å². The fourth-order valence-electron chi connectivity index (χ4n) is 3.48. The molecule has 0 bridgehead atoms. The Balaban J connectivity index is 1.74. The summed E-state index contributed by atoms with van der Waals surface area (Å²) in [6, 6.07) is 20.7. The van der Waals surface area contributed by atoms with Crippen molar-refractivity contribution < 1.29 is 24.2 Å². The first-order valence-corrected chi connectivity index (χ1v) is 10.3. The number of methoxy groups -OCH3 is 2. The van der Waals surface area contributed by atoms with Crippen molar-refractivity contribution in [2.45, 2.75) is 0 Å². The van der Waals surface area contributed by atoms with Gasteiger partial charge in [0.15, 0.2) is 12.0 Å². The number of carbonyl (C=O) groups is 2. The van der Waals surface area contributed by atoms with Gasteiger partial charge in [-0.25, -0.2) is 0 Å². The van der Waals surface area contributed by atoms with Crippen molar-refractivity contribution in [3.05, 3.63) is 83.9 Å². The monoisotopic (exact) mass is 455 g/mol. The summed E-state index contributed by atoms with van der Waals surface area (Å²) in [4.78, 5) is 24.0. The Labute approximate surface area is 195 Å². The normalized spacial score (nSPS) is 10.9. The maximum atomic E-state index is 12.6. The van der Waals surface area contributed by atoms with E-state index in [-0.39, 0.29) is 22.9 Å². The maximum Gasteiger partial charge on any atom is 0.255 e. The summed E-state index contributed by atoms with van der Waals surface area (Å²) < 4.78 is 10.9. The van der Waals surface area contributed by atoms with Crippen molar-refractivity contribution in [2.75, 3.05) is 19.5 Å². The number of nitrogens with one attached hydrogen (secondary N) is 1. The first-order chi connectivity index (χ1) is 16.5. The number of phenolic OH excluding ortho intramolecular Hbond substituents is 1. The van der Waals surface area contributed by atoms with Crippen LogP contribution in [0.1, 0.15) is 20.7 Å². The number of nitrogens with zero attached hydrogens (tertiary/aromatic N) is 2. The zero-order chi connectivity index (χ0) is 24.1. The van der Waals surface area contributed by atoms with Crippen molar-refractivity contribution >= 4 is 40.0 Å². The molecule has 0 aliphatic rings. The summed E-state index contributed by atoms with van der Waals surface area (Å²) in [5, 5.41) is 23.2. The number of fused-ring (bicyclic) bond motifs is 1. The third kappa shape index (κ3) is 4.42. The zero-order valence-corrected chi connectivity index (χ0v) is 18.5. The molecule has 0 radical (unpaired) electrons. The van der Waals surface area contributed by atoms with Crippen LogP contribution in [-0.4, -0.2) is 31.5 Å². The van der Waals surface area contributed by atoms with E-state index in [1.165, 1.54) is 14.2 Å². The minimum absolute atomic E-state index is 0.108. The van der Waals surface area contributed by atoms with Gasteiger partial charge in [-0.05, 0) is 23.6 Å². The molecule has 4 aromatic rings. The number of hydrogen-bond acceptors (Lipinski definition) is 7. The van der Waals surface area contributed by atoms with Crippen LogP contribution in [0.25, 0.3) is 10.8 Å². The molecule has 2 N–H and O–H groups in total. The van der Waals surface area contributed by atoms with E-state index in [2.05, 4.69) is 15.5 Å². The second kappa shape index (κ2) is 9.83. The highest BCUT2D eigenvalue weighted by Gasteiger charge is 2.16. The smallest absolute Gasteiger partial charge is 0.255 e. The molecule has 1 amide bonds. The number of carbonyl (C=O) groups excluding carboxylic acids is 2. The summed E-state index contributed by atoms with van der Waals surface area (Å²) in [5.41, 5.74) is 1.45. The molecule has 170 valence electrons. The van der Waals surface area contributed by atoms with Crippen molar-refractivity contribution in [2.24, 2.45) is 10.2 Å². The Morgan fingerprint density at radius 2 is 1.62 bits per heavy atom. The third-order valence-corrected chi connectivity index (χ3v) is 5.19. The molecule has 4 aromatic carbocycles. The number of aromatic hydroxyl groups is 1. The number of azo groups is 1. The summed E-state index contributed by atoms with van der Waals surface area (Å²) in [7, 11) is 2.93. The lowest BCUT2D eigenvalue weighted by Gasteiger charge is -2.13. The Hall–Kier alpha value is -4.72. The second-order valence-corrected chi connectivity index (χ2v) is 7.25. The Kier molecular flexibility index (Phi) is 6.49. The van der Waals surface area contributed by atoms with E-state index in [1.54, 1.807) is 54.6 Å². The number of ether oxygens (including phenoxy) is 2. The maximum absolute atomic E-state index is 12.6. The van der Waals surface area contributed by atoms with Crippen LogP contribution in [0.3, 0.4) is 0 Å². The molecule has 0 aromatic heterocycles. The van der Waals surface area contributed by atoms with Crippen molar-refractivity contribution in [1.82, 2.24) is 0 Å². The third-order valence-electron chi connectivity index (χ3n) is 5.19. The molecule has 0 unspecified atom stereocenters. The van der Waals surface area contributed by atoms with Gasteiger partial charge in [0.1, 0.15) is 22.9 Å². The summed E-state index contributed by atoms with van der Waals surface area (Å²) in [6.07, 6.45) is 0.564. The van der Waals surface area contributed by atoms with E-state index in [9.17, 15) is 14.7 Å². The standard InChI is InChI=1S/C26H21N3O5/c1-33-22-14-21(23(34-2)13-20(22)27-26(32)16-8-4-3-5-9-16)28-29-24-19-11-7-6-10-17(19)12-18(15-30)25(24)31/h3-15,31H,1-2H3,(H,27,32). The Bertz CT molecular complexity index is 1400. The van der Waals surface area contributed by atoms with Crippen LogP contribution in [0.2, 0.25) is 0 Å². The van der Waals surface area contributed by atoms with Crippen LogP contribution in [0, 0.1) is 0 Å². The number of rotatable bonds is 7. The predicted molar refractivity (Wildman–Crippen MR) is 129 cm³/mol. The molecule has 0 saturated heterocycles. The van der Waals surface area contributed by atoms with Crippen molar-refractivity contribution in [3.63, 3.8) is 0 Å². The first kappa shape index (κ1) is 22.5. The van der Waals surface area contributed by atoms with Crippen LogP contribution in [0.5, 0.6) is 17.2 Å². The van der Waals surface area contributed by atoms with Crippen molar-refractivity contribution in [1.29, 1.82) is 0 Å². The molecule has 0 heterocycles. The molecule has 0 aliphatic heterocycles. The molecule has 0 fully saturated rings. The van der Waals surface area contributed by atoms with Gasteiger partial charge in [0.05, 0.1) is 25.5 Å². The van der Waals surface area contributed by atoms with E-state index >= 15 is 0 Å². The van der Waals surface area contributed by atoms with E-state index in [4.69, 9.17) is 9.47 Å². The molecule has 0 atom stereocenters. The lowest BCUT2D eigenvalue weighted by Crippen LogP contribution is -2.12. The van der Waals surface area contributed by atoms with Gasteiger partial charge in [0.2, 0.25) is 0 Å². The fraction of sp³-hybridized carbons (Fsp3) is 0.0769. The van der Waals surface area contributed by atoms with Crippen LogP contribution >= 0.6 is 0 Å². The largest absolute Gasteiger partial charge is 0.505 e. The van der Waals surface area contributed by atoms with Gasteiger partial charge in [-0.3, -0.25) is 9.59 Å². The van der Waals surface area contributed by atoms with Crippen LogP contribution < -0.4 is 14.8 Å². The van der Waals surface area contributed by atoms with Crippen molar-refractivity contribution in [3.8, 4) is 17.2 Å². The fourth-order valence-corrected chi connectivity index (χ4v) is 3.48. The molecular formula is C26H21N3O5. The van der Waals surface area contributed by atoms with Gasteiger partial charge in [-0.1, -0.05) is 42.5 Å².